The highest BCUT2D eigenvalue weighted by molar-refractivity contribution is 8.00. The van der Waals surface area contributed by atoms with Gasteiger partial charge in [-0.1, -0.05) is 47.5 Å². The minimum absolute atomic E-state index is 0.181. The zero-order valence-corrected chi connectivity index (χ0v) is 19.1. The van der Waals surface area contributed by atoms with Gasteiger partial charge in [0.1, 0.15) is 5.01 Å². The van der Waals surface area contributed by atoms with Crippen molar-refractivity contribution in [1.82, 2.24) is 4.98 Å². The molecule has 8 heteroatoms. The largest absolute Gasteiger partial charge is 0.320 e. The van der Waals surface area contributed by atoms with E-state index in [0.717, 1.165) is 26.0 Å². The SMILES string of the molecule is CSc1sc(C(=O)Nc2ccccc2Cl)cc1-c1nc(-c2ccc(Cl)cc2)cs1. The maximum absolute atomic E-state index is 12.7. The molecule has 0 aliphatic rings. The number of hydrogen-bond acceptors (Lipinski definition) is 5. The molecule has 0 spiro atoms. The van der Waals surface area contributed by atoms with Gasteiger partial charge in [0.05, 0.1) is 25.5 Å². The van der Waals surface area contributed by atoms with Crippen LogP contribution in [0, 0.1) is 0 Å². The van der Waals surface area contributed by atoms with E-state index in [2.05, 4.69) is 5.32 Å². The third-order valence-corrected chi connectivity index (χ3v) is 7.83. The van der Waals surface area contributed by atoms with Crippen LogP contribution in [0.15, 0.2) is 64.2 Å². The van der Waals surface area contributed by atoms with Gasteiger partial charge in [-0.05, 0) is 36.6 Å². The number of nitrogens with one attached hydrogen (secondary N) is 1. The summed E-state index contributed by atoms with van der Waals surface area (Å²) in [5.41, 5.74) is 3.47. The number of nitrogens with zero attached hydrogens (tertiary/aromatic N) is 1. The molecule has 0 radical (unpaired) electrons. The highest BCUT2D eigenvalue weighted by atomic mass is 35.5. The second-order valence-electron chi connectivity index (χ2n) is 5.99. The number of carbonyl (C=O) groups is 1. The molecule has 2 heterocycles. The molecule has 1 amide bonds. The molecule has 3 nitrogen and oxygen atoms in total. The Balaban J connectivity index is 1.62. The van der Waals surface area contributed by atoms with Crippen LogP contribution in [0.2, 0.25) is 10.0 Å². The number of thiophene rings is 1. The van der Waals surface area contributed by atoms with Crippen molar-refractivity contribution < 1.29 is 4.79 Å². The Kier molecular flexibility index (Phi) is 6.27. The maximum atomic E-state index is 12.7. The molecule has 1 N–H and O–H groups in total. The fourth-order valence-corrected chi connectivity index (χ4v) is 5.74. The second-order valence-corrected chi connectivity index (χ2v) is 9.82. The van der Waals surface area contributed by atoms with E-state index >= 15 is 0 Å². The predicted octanol–water partition coefficient (Wildman–Crippen LogP) is 7.82. The van der Waals surface area contributed by atoms with Crippen LogP contribution in [0.25, 0.3) is 21.8 Å². The third-order valence-electron chi connectivity index (χ3n) is 4.10. The average Bonchev–Trinajstić information content (AvgIpc) is 3.37. The lowest BCUT2D eigenvalue weighted by Crippen LogP contribution is -2.10. The minimum atomic E-state index is -0.181. The summed E-state index contributed by atoms with van der Waals surface area (Å²) in [5.74, 6) is -0.181. The monoisotopic (exact) mass is 476 g/mol. The Hall–Kier alpha value is -1.83. The lowest BCUT2D eigenvalue weighted by molar-refractivity contribution is 0.103. The number of rotatable bonds is 5. The average molecular weight is 477 g/mol. The van der Waals surface area contributed by atoms with Crippen LogP contribution in [-0.4, -0.2) is 17.1 Å². The summed E-state index contributed by atoms with van der Waals surface area (Å²) >= 11 is 16.7. The predicted molar refractivity (Wildman–Crippen MR) is 127 cm³/mol. The van der Waals surface area contributed by atoms with E-state index in [1.54, 1.807) is 35.2 Å². The first-order chi connectivity index (χ1) is 14.0. The van der Waals surface area contributed by atoms with Gasteiger partial charge < -0.3 is 5.32 Å². The number of amides is 1. The first kappa shape index (κ1) is 20.4. The summed E-state index contributed by atoms with van der Waals surface area (Å²) in [6, 6.07) is 16.7. The number of thioether (sulfide) groups is 1. The molecule has 4 aromatic rings. The summed E-state index contributed by atoms with van der Waals surface area (Å²) in [6.07, 6.45) is 2.00. The number of thiazole rings is 1. The highest BCUT2D eigenvalue weighted by Crippen LogP contribution is 2.40. The van der Waals surface area contributed by atoms with E-state index in [1.807, 2.05) is 54.1 Å². The number of hydrogen-bond donors (Lipinski definition) is 1. The molecule has 0 aliphatic carbocycles. The van der Waals surface area contributed by atoms with Crippen LogP contribution in [0.1, 0.15) is 9.67 Å². The van der Waals surface area contributed by atoms with Crippen molar-refractivity contribution >= 4 is 69.2 Å². The summed E-state index contributed by atoms with van der Waals surface area (Å²) < 4.78 is 1.05. The normalized spacial score (nSPS) is 10.9. The van der Waals surface area contributed by atoms with Crippen LogP contribution in [0.4, 0.5) is 5.69 Å². The topological polar surface area (TPSA) is 42.0 Å². The molecule has 0 atom stereocenters. The third kappa shape index (κ3) is 4.52. The van der Waals surface area contributed by atoms with E-state index in [-0.39, 0.29) is 5.91 Å². The molecule has 0 bridgehead atoms. The van der Waals surface area contributed by atoms with Gasteiger partial charge in [-0.2, -0.15) is 0 Å². The number of para-hydroxylation sites is 1. The van der Waals surface area contributed by atoms with Gasteiger partial charge in [0.15, 0.2) is 0 Å². The van der Waals surface area contributed by atoms with Crippen LogP contribution in [0.5, 0.6) is 0 Å². The molecule has 0 aliphatic heterocycles. The quantitative estimate of drug-likeness (QED) is 0.298. The number of halogens is 2. The van der Waals surface area contributed by atoms with Crippen LogP contribution < -0.4 is 5.32 Å². The van der Waals surface area contributed by atoms with E-state index in [0.29, 0.717) is 20.6 Å². The van der Waals surface area contributed by atoms with Crippen molar-refractivity contribution in [2.24, 2.45) is 0 Å². The number of anilines is 1. The Morgan fingerprint density at radius 1 is 1.10 bits per heavy atom. The van der Waals surface area contributed by atoms with E-state index in [4.69, 9.17) is 28.2 Å². The van der Waals surface area contributed by atoms with E-state index < -0.39 is 0 Å². The lowest BCUT2D eigenvalue weighted by Gasteiger charge is -2.04. The maximum Gasteiger partial charge on any atom is 0.265 e. The van der Waals surface area contributed by atoms with Gasteiger partial charge in [-0.25, -0.2) is 4.98 Å². The number of carbonyl (C=O) groups excluding carboxylic acids is 1. The first-order valence-corrected chi connectivity index (χ1v) is 12.2. The molecule has 0 saturated carbocycles. The smallest absolute Gasteiger partial charge is 0.265 e. The molecule has 29 heavy (non-hydrogen) atoms. The molecule has 0 unspecified atom stereocenters. The van der Waals surface area contributed by atoms with Crippen molar-refractivity contribution in [3.63, 3.8) is 0 Å². The summed E-state index contributed by atoms with van der Waals surface area (Å²) in [7, 11) is 0. The van der Waals surface area contributed by atoms with E-state index in [1.165, 1.54) is 11.3 Å². The van der Waals surface area contributed by atoms with Crippen molar-refractivity contribution in [3.05, 3.63) is 74.9 Å². The zero-order valence-electron chi connectivity index (χ0n) is 15.1. The Morgan fingerprint density at radius 3 is 2.59 bits per heavy atom. The minimum Gasteiger partial charge on any atom is -0.320 e. The fourth-order valence-electron chi connectivity index (χ4n) is 2.68. The molecule has 0 fully saturated rings. The van der Waals surface area contributed by atoms with Crippen molar-refractivity contribution in [3.8, 4) is 21.8 Å². The van der Waals surface area contributed by atoms with Gasteiger partial charge in [0, 0.05) is 21.5 Å². The fraction of sp³-hybridized carbons (Fsp3) is 0.0476. The van der Waals surface area contributed by atoms with Crippen LogP contribution >= 0.6 is 57.6 Å². The molecule has 0 saturated heterocycles. The van der Waals surface area contributed by atoms with Crippen LogP contribution in [-0.2, 0) is 0 Å². The van der Waals surface area contributed by atoms with Gasteiger partial charge in [-0.3, -0.25) is 4.79 Å². The van der Waals surface area contributed by atoms with Gasteiger partial charge in [-0.15, -0.1) is 34.4 Å². The van der Waals surface area contributed by atoms with E-state index in [9.17, 15) is 4.79 Å². The molecule has 4 rings (SSSR count). The first-order valence-electron chi connectivity index (χ1n) is 8.50. The second kappa shape index (κ2) is 8.90. The van der Waals surface area contributed by atoms with Crippen molar-refractivity contribution in [1.29, 1.82) is 0 Å². The molecule has 2 aromatic carbocycles. The zero-order chi connectivity index (χ0) is 20.4. The molecular weight excluding hydrogens is 463 g/mol. The highest BCUT2D eigenvalue weighted by Gasteiger charge is 2.19. The number of aromatic nitrogens is 1. The Morgan fingerprint density at radius 2 is 1.86 bits per heavy atom. The number of benzene rings is 2. The summed E-state index contributed by atoms with van der Waals surface area (Å²) in [4.78, 5) is 18.1. The van der Waals surface area contributed by atoms with Crippen molar-refractivity contribution in [2.45, 2.75) is 4.21 Å². The lowest BCUT2D eigenvalue weighted by atomic mass is 10.2. The van der Waals surface area contributed by atoms with Gasteiger partial charge >= 0.3 is 0 Å². The summed E-state index contributed by atoms with van der Waals surface area (Å²) in [6.45, 7) is 0. The Bertz CT molecular complexity index is 1170. The van der Waals surface area contributed by atoms with Crippen LogP contribution in [0.3, 0.4) is 0 Å². The van der Waals surface area contributed by atoms with Gasteiger partial charge in [0.25, 0.3) is 5.91 Å². The molecule has 2 aromatic heterocycles. The molecular formula is C21H14Cl2N2OS3. The standard InChI is InChI=1S/C21H14Cl2N2OS3/c1-27-21-14(20-25-17(11-28-20)12-6-8-13(22)9-7-12)10-18(29-21)19(26)24-16-5-3-2-4-15(16)23/h2-11H,1H3,(H,24,26). The Labute approximate surface area is 190 Å². The summed E-state index contributed by atoms with van der Waals surface area (Å²) in [5, 5.41) is 6.98. The van der Waals surface area contributed by atoms with Gasteiger partial charge in [0.2, 0.25) is 0 Å². The molecule has 146 valence electrons. The van der Waals surface area contributed by atoms with Crippen molar-refractivity contribution in [2.75, 3.05) is 11.6 Å².